The van der Waals surface area contributed by atoms with Crippen LogP contribution >= 0.6 is 0 Å². The molecule has 1 unspecified atom stereocenters. The summed E-state index contributed by atoms with van der Waals surface area (Å²) in [7, 11) is -3.21. The molecule has 1 rings (SSSR count). The van der Waals surface area contributed by atoms with Crippen molar-refractivity contribution in [2.45, 2.75) is 32.6 Å². The van der Waals surface area contributed by atoms with E-state index >= 15 is 0 Å². The van der Waals surface area contributed by atoms with Crippen molar-refractivity contribution in [2.75, 3.05) is 25.4 Å². The molecular formula is C10H21NO3S. The van der Waals surface area contributed by atoms with Gasteiger partial charge in [0.15, 0.2) is 0 Å². The summed E-state index contributed by atoms with van der Waals surface area (Å²) in [5.74, 6) is 0.531. The second-order valence-electron chi connectivity index (χ2n) is 4.14. The summed E-state index contributed by atoms with van der Waals surface area (Å²) in [4.78, 5) is 0. The van der Waals surface area contributed by atoms with E-state index in [4.69, 9.17) is 5.11 Å². The highest BCUT2D eigenvalue weighted by atomic mass is 32.2. The average Bonchev–Trinajstić information content (AvgIpc) is 2.42. The standard InChI is InChI=1S/C10H21NO3S/c1-2-10-4-3-6-11(7-5-10)15(13,14)9-8-12/h10,12H,2-9H2,1H3. The lowest BCUT2D eigenvalue weighted by molar-refractivity contribution is 0.314. The smallest absolute Gasteiger partial charge is 0.216 e. The maximum Gasteiger partial charge on any atom is 0.216 e. The van der Waals surface area contributed by atoms with Crippen LogP contribution in [0.1, 0.15) is 32.6 Å². The zero-order valence-corrected chi connectivity index (χ0v) is 10.2. The van der Waals surface area contributed by atoms with Crippen LogP contribution in [-0.2, 0) is 10.0 Å². The van der Waals surface area contributed by atoms with Crippen LogP contribution in [0.4, 0.5) is 0 Å². The van der Waals surface area contributed by atoms with Crippen molar-refractivity contribution in [1.29, 1.82) is 0 Å². The van der Waals surface area contributed by atoms with E-state index in [1.165, 1.54) is 0 Å². The van der Waals surface area contributed by atoms with Crippen molar-refractivity contribution in [2.24, 2.45) is 5.92 Å². The van der Waals surface area contributed by atoms with Gasteiger partial charge in [0.1, 0.15) is 0 Å². The predicted octanol–water partition coefficient (Wildman–Crippen LogP) is 0.821. The Hall–Kier alpha value is -0.130. The third kappa shape index (κ3) is 3.74. The molecule has 0 saturated carbocycles. The van der Waals surface area contributed by atoms with E-state index < -0.39 is 10.0 Å². The molecule has 90 valence electrons. The van der Waals surface area contributed by atoms with Crippen LogP contribution in [-0.4, -0.2) is 43.3 Å². The summed E-state index contributed by atoms with van der Waals surface area (Å²) in [6.07, 6.45) is 4.17. The van der Waals surface area contributed by atoms with E-state index in [2.05, 4.69) is 6.92 Å². The zero-order valence-electron chi connectivity index (χ0n) is 9.35. The maximum atomic E-state index is 11.7. The molecule has 1 aliphatic rings. The van der Waals surface area contributed by atoms with Gasteiger partial charge in [-0.05, 0) is 25.2 Å². The van der Waals surface area contributed by atoms with E-state index in [-0.39, 0.29) is 12.4 Å². The van der Waals surface area contributed by atoms with Gasteiger partial charge in [0, 0.05) is 13.1 Å². The number of aliphatic hydroxyl groups excluding tert-OH is 1. The van der Waals surface area contributed by atoms with Crippen molar-refractivity contribution >= 4 is 10.0 Å². The van der Waals surface area contributed by atoms with Crippen LogP contribution in [0.25, 0.3) is 0 Å². The van der Waals surface area contributed by atoms with Gasteiger partial charge in [-0.25, -0.2) is 12.7 Å². The molecule has 0 aliphatic carbocycles. The molecule has 0 aromatic carbocycles. The predicted molar refractivity (Wildman–Crippen MR) is 60.1 cm³/mol. The topological polar surface area (TPSA) is 57.6 Å². The number of hydrogen-bond acceptors (Lipinski definition) is 3. The number of nitrogens with zero attached hydrogens (tertiary/aromatic N) is 1. The number of rotatable bonds is 4. The van der Waals surface area contributed by atoms with E-state index in [1.54, 1.807) is 4.31 Å². The van der Waals surface area contributed by atoms with Crippen LogP contribution in [0.2, 0.25) is 0 Å². The second kappa shape index (κ2) is 5.82. The zero-order chi connectivity index (χ0) is 11.3. The van der Waals surface area contributed by atoms with Gasteiger partial charge in [-0.2, -0.15) is 0 Å². The van der Waals surface area contributed by atoms with Crippen molar-refractivity contribution in [3.63, 3.8) is 0 Å². The summed E-state index contributed by atoms with van der Waals surface area (Å²) >= 11 is 0. The molecule has 5 heteroatoms. The largest absolute Gasteiger partial charge is 0.395 e. The first kappa shape index (κ1) is 12.9. The minimum absolute atomic E-state index is 0.135. The fraction of sp³-hybridized carbons (Fsp3) is 1.00. The van der Waals surface area contributed by atoms with Crippen LogP contribution in [0, 0.1) is 5.92 Å². The molecule has 15 heavy (non-hydrogen) atoms. The fourth-order valence-corrected chi connectivity index (χ4v) is 3.35. The molecule has 1 atom stereocenters. The van der Waals surface area contributed by atoms with Crippen molar-refractivity contribution < 1.29 is 13.5 Å². The minimum atomic E-state index is -3.21. The van der Waals surface area contributed by atoms with Gasteiger partial charge in [0.2, 0.25) is 10.0 Å². The Kier molecular flexibility index (Phi) is 5.02. The maximum absolute atomic E-state index is 11.7. The van der Waals surface area contributed by atoms with Crippen LogP contribution in [0.5, 0.6) is 0 Å². The van der Waals surface area contributed by atoms with Crippen molar-refractivity contribution in [3.05, 3.63) is 0 Å². The van der Waals surface area contributed by atoms with Gasteiger partial charge in [0.05, 0.1) is 12.4 Å². The van der Waals surface area contributed by atoms with Crippen LogP contribution in [0.15, 0.2) is 0 Å². The van der Waals surface area contributed by atoms with Gasteiger partial charge in [-0.15, -0.1) is 0 Å². The first-order valence-corrected chi connectivity index (χ1v) is 7.29. The van der Waals surface area contributed by atoms with Gasteiger partial charge in [-0.1, -0.05) is 13.3 Å². The Labute approximate surface area is 92.3 Å². The minimum Gasteiger partial charge on any atom is -0.395 e. The molecule has 1 heterocycles. The summed E-state index contributed by atoms with van der Waals surface area (Å²) < 4.78 is 24.9. The highest BCUT2D eigenvalue weighted by Crippen LogP contribution is 2.21. The van der Waals surface area contributed by atoms with E-state index in [0.717, 1.165) is 25.7 Å². The Bertz CT molecular complexity index is 276. The molecule has 0 radical (unpaired) electrons. The first-order valence-electron chi connectivity index (χ1n) is 5.69. The van der Waals surface area contributed by atoms with Gasteiger partial charge >= 0.3 is 0 Å². The molecule has 0 aromatic rings. The van der Waals surface area contributed by atoms with Crippen LogP contribution in [0.3, 0.4) is 0 Å². The molecule has 0 amide bonds. The first-order chi connectivity index (χ1) is 7.10. The number of aliphatic hydroxyl groups is 1. The lowest BCUT2D eigenvalue weighted by Gasteiger charge is -2.19. The van der Waals surface area contributed by atoms with Gasteiger partial charge in [0.25, 0.3) is 0 Å². The average molecular weight is 235 g/mol. The molecule has 0 spiro atoms. The highest BCUT2D eigenvalue weighted by Gasteiger charge is 2.24. The van der Waals surface area contributed by atoms with Crippen molar-refractivity contribution in [3.8, 4) is 0 Å². The molecule has 1 N–H and O–H groups in total. The molecule has 1 aliphatic heterocycles. The monoisotopic (exact) mass is 235 g/mol. The SMILES string of the molecule is CCC1CCCN(S(=O)(=O)CCO)CC1. The molecule has 0 aromatic heterocycles. The fourth-order valence-electron chi connectivity index (χ4n) is 2.07. The molecule has 1 fully saturated rings. The molecule has 4 nitrogen and oxygen atoms in total. The molecular weight excluding hydrogens is 214 g/mol. The number of hydrogen-bond donors (Lipinski definition) is 1. The summed E-state index contributed by atoms with van der Waals surface area (Å²) in [6, 6.07) is 0. The second-order valence-corrected chi connectivity index (χ2v) is 6.23. The summed E-state index contributed by atoms with van der Waals surface area (Å²) in [5, 5.41) is 8.70. The quantitative estimate of drug-likeness (QED) is 0.785. The van der Waals surface area contributed by atoms with E-state index in [0.29, 0.717) is 19.0 Å². The van der Waals surface area contributed by atoms with Gasteiger partial charge < -0.3 is 5.11 Å². The lowest BCUT2D eigenvalue weighted by Crippen LogP contribution is -2.34. The van der Waals surface area contributed by atoms with E-state index in [1.807, 2.05) is 0 Å². The lowest BCUT2D eigenvalue weighted by atomic mass is 9.98. The highest BCUT2D eigenvalue weighted by molar-refractivity contribution is 7.89. The van der Waals surface area contributed by atoms with Crippen molar-refractivity contribution in [1.82, 2.24) is 4.31 Å². The Morgan fingerprint density at radius 1 is 1.33 bits per heavy atom. The van der Waals surface area contributed by atoms with E-state index in [9.17, 15) is 8.42 Å². The number of sulfonamides is 1. The van der Waals surface area contributed by atoms with Gasteiger partial charge in [-0.3, -0.25) is 0 Å². The summed E-state index contributed by atoms with van der Waals surface area (Å²) in [6.45, 7) is 3.12. The third-order valence-electron chi connectivity index (χ3n) is 3.13. The Morgan fingerprint density at radius 2 is 2.07 bits per heavy atom. The summed E-state index contributed by atoms with van der Waals surface area (Å²) in [5.41, 5.74) is 0. The Morgan fingerprint density at radius 3 is 2.67 bits per heavy atom. The van der Waals surface area contributed by atoms with Crippen LogP contribution < -0.4 is 0 Å². The Balaban J connectivity index is 2.57. The third-order valence-corrected chi connectivity index (χ3v) is 4.98. The normalized spacial score (nSPS) is 25.1. The molecule has 0 bridgehead atoms. The molecule has 1 saturated heterocycles.